The van der Waals surface area contributed by atoms with Crippen LogP contribution >= 0.6 is 0 Å². The van der Waals surface area contributed by atoms with Gasteiger partial charge in [0.2, 0.25) is 0 Å². The van der Waals surface area contributed by atoms with Crippen molar-refractivity contribution in [2.75, 3.05) is 6.54 Å². The zero-order chi connectivity index (χ0) is 13.1. The van der Waals surface area contributed by atoms with Gasteiger partial charge in [0.15, 0.2) is 0 Å². The Balaban J connectivity index is 1.35. The molecule has 1 N–H and O–H groups in total. The summed E-state index contributed by atoms with van der Waals surface area (Å²) >= 11 is 0. The fraction of sp³-hybridized carbons (Fsp3) is 0.444. The molecule has 102 valence electrons. The van der Waals surface area contributed by atoms with Gasteiger partial charge in [-0.15, -0.1) is 0 Å². The molecule has 2 heterocycles. The molecule has 1 aromatic heterocycles. The average molecular weight is 264 g/mol. The van der Waals surface area contributed by atoms with Crippen LogP contribution in [0.3, 0.4) is 0 Å². The third-order valence-electron chi connectivity index (χ3n) is 5.78. The number of hydrogen-bond acceptors (Lipinski definition) is 1. The predicted molar refractivity (Wildman–Crippen MR) is 81.6 cm³/mol. The minimum absolute atomic E-state index is 0.846. The van der Waals surface area contributed by atoms with E-state index in [2.05, 4.69) is 52.5 Å². The summed E-state index contributed by atoms with van der Waals surface area (Å²) in [5.41, 5.74) is 2.75. The number of H-pyrrole nitrogens is 1. The summed E-state index contributed by atoms with van der Waals surface area (Å²) in [6, 6.07) is 10.3. The van der Waals surface area contributed by atoms with E-state index >= 15 is 0 Å². The molecule has 2 nitrogen and oxygen atoms in total. The molecule has 2 aromatic rings. The van der Waals surface area contributed by atoms with Gasteiger partial charge in [-0.25, -0.2) is 0 Å². The van der Waals surface area contributed by atoms with Gasteiger partial charge in [0, 0.05) is 41.6 Å². The van der Waals surface area contributed by atoms with Gasteiger partial charge in [0.1, 0.15) is 0 Å². The van der Waals surface area contributed by atoms with Crippen LogP contribution in [0.15, 0.2) is 42.6 Å². The SMILES string of the molecule is C1=CC2C3CCC1C2N3CCc1c[nH]c2ccccc12. The largest absolute Gasteiger partial charge is 0.361 e. The number of aromatic amines is 1. The molecule has 1 saturated heterocycles. The molecular formula is C18H20N2. The Kier molecular flexibility index (Phi) is 2.22. The van der Waals surface area contributed by atoms with Crippen molar-refractivity contribution in [2.45, 2.75) is 31.3 Å². The number of fused-ring (bicyclic) bond motifs is 1. The van der Waals surface area contributed by atoms with Gasteiger partial charge in [-0.05, 0) is 36.8 Å². The van der Waals surface area contributed by atoms with Crippen LogP contribution in [0.25, 0.3) is 10.9 Å². The Labute approximate surface area is 119 Å². The highest BCUT2D eigenvalue weighted by atomic mass is 15.3. The number of hydrogen-bond donors (Lipinski definition) is 1. The zero-order valence-corrected chi connectivity index (χ0v) is 11.6. The van der Waals surface area contributed by atoms with Crippen molar-refractivity contribution in [1.29, 1.82) is 0 Å². The molecule has 2 heteroatoms. The van der Waals surface area contributed by atoms with E-state index in [0.29, 0.717) is 0 Å². The van der Waals surface area contributed by atoms with Crippen LogP contribution < -0.4 is 0 Å². The highest BCUT2D eigenvalue weighted by Gasteiger charge is 2.55. The summed E-state index contributed by atoms with van der Waals surface area (Å²) in [5.74, 6) is 1.74. The topological polar surface area (TPSA) is 19.0 Å². The van der Waals surface area contributed by atoms with Crippen molar-refractivity contribution in [3.05, 3.63) is 48.2 Å². The van der Waals surface area contributed by atoms with Gasteiger partial charge in [0.05, 0.1) is 0 Å². The summed E-state index contributed by atoms with van der Waals surface area (Å²) in [6.07, 6.45) is 11.2. The van der Waals surface area contributed by atoms with Crippen molar-refractivity contribution >= 4 is 10.9 Å². The van der Waals surface area contributed by atoms with Gasteiger partial charge in [-0.3, -0.25) is 4.90 Å². The highest BCUT2D eigenvalue weighted by Crippen LogP contribution is 2.51. The Bertz CT molecular complexity index is 676. The quantitative estimate of drug-likeness (QED) is 0.842. The van der Waals surface area contributed by atoms with E-state index in [1.54, 1.807) is 0 Å². The Morgan fingerprint density at radius 2 is 2.10 bits per heavy atom. The maximum Gasteiger partial charge on any atom is 0.0456 e. The van der Waals surface area contributed by atoms with Crippen molar-refractivity contribution in [3.63, 3.8) is 0 Å². The Morgan fingerprint density at radius 3 is 3.05 bits per heavy atom. The normalized spacial score (nSPS) is 34.6. The fourth-order valence-corrected chi connectivity index (χ4v) is 4.84. The molecule has 1 aromatic carbocycles. The molecule has 0 radical (unpaired) electrons. The second-order valence-electron chi connectivity index (χ2n) is 6.61. The van der Waals surface area contributed by atoms with E-state index in [0.717, 1.165) is 23.9 Å². The molecule has 0 amide bonds. The number of likely N-dealkylation sites (tertiary alicyclic amines) is 1. The maximum absolute atomic E-state index is 3.40. The summed E-state index contributed by atoms with van der Waals surface area (Å²) in [5, 5.41) is 1.40. The van der Waals surface area contributed by atoms with Crippen molar-refractivity contribution < 1.29 is 0 Å². The van der Waals surface area contributed by atoms with Crippen LogP contribution in [0, 0.1) is 11.8 Å². The van der Waals surface area contributed by atoms with E-state index in [1.165, 1.54) is 42.3 Å². The van der Waals surface area contributed by atoms with Gasteiger partial charge in [-0.1, -0.05) is 30.4 Å². The first kappa shape index (κ1) is 11.2. The lowest BCUT2D eigenvalue weighted by molar-refractivity contribution is -0.0811. The number of piperidine rings is 1. The van der Waals surface area contributed by atoms with E-state index in [4.69, 9.17) is 0 Å². The van der Waals surface area contributed by atoms with Crippen molar-refractivity contribution in [3.8, 4) is 0 Å². The van der Waals surface area contributed by atoms with Crippen LogP contribution in [-0.4, -0.2) is 28.5 Å². The number of nitrogens with zero attached hydrogens (tertiary/aromatic N) is 1. The Morgan fingerprint density at radius 1 is 1.15 bits per heavy atom. The lowest BCUT2D eigenvalue weighted by atomic mass is 9.69. The molecular weight excluding hydrogens is 244 g/mol. The highest BCUT2D eigenvalue weighted by molar-refractivity contribution is 5.83. The van der Waals surface area contributed by atoms with Gasteiger partial charge in [-0.2, -0.15) is 0 Å². The molecule has 3 aliphatic rings. The lowest BCUT2D eigenvalue weighted by Crippen LogP contribution is -2.66. The molecule has 1 aliphatic heterocycles. The van der Waals surface area contributed by atoms with Crippen LogP contribution in [0.5, 0.6) is 0 Å². The summed E-state index contributed by atoms with van der Waals surface area (Å²) < 4.78 is 0. The molecule has 5 rings (SSSR count). The smallest absolute Gasteiger partial charge is 0.0456 e. The fourth-order valence-electron chi connectivity index (χ4n) is 4.84. The minimum atomic E-state index is 0.846. The van der Waals surface area contributed by atoms with E-state index in [9.17, 15) is 0 Å². The molecule has 2 aliphatic carbocycles. The van der Waals surface area contributed by atoms with E-state index < -0.39 is 0 Å². The number of nitrogens with one attached hydrogen (secondary N) is 1. The molecule has 4 bridgehead atoms. The lowest BCUT2D eigenvalue weighted by Gasteiger charge is -2.58. The predicted octanol–water partition coefficient (Wildman–Crippen LogP) is 3.36. The first-order valence-electron chi connectivity index (χ1n) is 7.91. The van der Waals surface area contributed by atoms with E-state index in [-0.39, 0.29) is 0 Å². The molecule has 0 spiro atoms. The van der Waals surface area contributed by atoms with Crippen LogP contribution in [0.4, 0.5) is 0 Å². The van der Waals surface area contributed by atoms with Gasteiger partial charge >= 0.3 is 0 Å². The molecule has 2 fully saturated rings. The van der Waals surface area contributed by atoms with Crippen LogP contribution in [0.1, 0.15) is 18.4 Å². The number of benzene rings is 1. The third-order valence-corrected chi connectivity index (χ3v) is 5.78. The zero-order valence-electron chi connectivity index (χ0n) is 11.6. The molecule has 20 heavy (non-hydrogen) atoms. The monoisotopic (exact) mass is 264 g/mol. The second kappa shape index (κ2) is 3.98. The van der Waals surface area contributed by atoms with E-state index in [1.807, 2.05) is 0 Å². The maximum atomic E-state index is 3.40. The number of aromatic nitrogens is 1. The summed E-state index contributed by atoms with van der Waals surface area (Å²) in [6.45, 7) is 1.23. The first-order valence-corrected chi connectivity index (χ1v) is 7.91. The number of para-hydroxylation sites is 1. The van der Waals surface area contributed by atoms with Crippen LogP contribution in [-0.2, 0) is 6.42 Å². The molecule has 1 saturated carbocycles. The second-order valence-corrected chi connectivity index (χ2v) is 6.61. The standard InChI is InChI=1S/C18H20N2/c1-2-4-16-14(3-1)13(11-19-16)9-10-20-17-8-6-12-5-7-15(17)18(12)20/h1-5,7,11-12,15,17-19H,6,8-10H2. The third kappa shape index (κ3) is 1.38. The first-order chi connectivity index (χ1) is 9.92. The molecule has 4 atom stereocenters. The number of rotatable bonds is 3. The summed E-state index contributed by atoms with van der Waals surface area (Å²) in [7, 11) is 0. The van der Waals surface area contributed by atoms with Crippen molar-refractivity contribution in [1.82, 2.24) is 9.88 Å². The van der Waals surface area contributed by atoms with Crippen LogP contribution in [0.2, 0.25) is 0 Å². The van der Waals surface area contributed by atoms with Gasteiger partial charge in [0.25, 0.3) is 0 Å². The average Bonchev–Trinajstić information content (AvgIpc) is 3.00. The molecule has 4 unspecified atom stereocenters. The Hall–Kier alpha value is -1.54. The van der Waals surface area contributed by atoms with Crippen molar-refractivity contribution in [2.24, 2.45) is 11.8 Å². The van der Waals surface area contributed by atoms with Gasteiger partial charge < -0.3 is 4.98 Å². The minimum Gasteiger partial charge on any atom is -0.361 e. The summed E-state index contributed by atoms with van der Waals surface area (Å²) in [4.78, 5) is 6.18.